The van der Waals surface area contributed by atoms with Crippen molar-refractivity contribution in [3.63, 3.8) is 0 Å². The van der Waals surface area contributed by atoms with Gasteiger partial charge in [-0.25, -0.2) is 31.5 Å². The molecule has 0 bridgehead atoms. The van der Waals surface area contributed by atoms with Gasteiger partial charge in [-0.15, -0.1) is 0 Å². The molecule has 0 aliphatic heterocycles. The smallest absolute Gasteiger partial charge is 0.408 e. The summed E-state index contributed by atoms with van der Waals surface area (Å²) in [7, 11) is -0.367. The minimum atomic E-state index is -2.93. The van der Waals surface area contributed by atoms with E-state index in [2.05, 4.69) is 26.6 Å². The van der Waals surface area contributed by atoms with Gasteiger partial charge in [0.15, 0.2) is 0 Å². The number of halogens is 6. The Labute approximate surface area is 341 Å². The van der Waals surface area contributed by atoms with Crippen LogP contribution >= 0.6 is 27.5 Å². The van der Waals surface area contributed by atoms with Crippen molar-refractivity contribution in [2.24, 2.45) is 0 Å². The summed E-state index contributed by atoms with van der Waals surface area (Å²) in [5, 5.41) is 14.6. The van der Waals surface area contributed by atoms with E-state index in [1.807, 2.05) is 0 Å². The second-order valence-electron chi connectivity index (χ2n) is 13.7. The molecule has 0 saturated carbocycles. The van der Waals surface area contributed by atoms with Crippen LogP contribution in [0.4, 0.5) is 28.0 Å². The van der Waals surface area contributed by atoms with Crippen LogP contribution in [0.1, 0.15) is 49.3 Å². The quantitative estimate of drug-likeness (QED) is 0.0611. The fourth-order valence-corrected chi connectivity index (χ4v) is 7.20. The molecule has 0 radical (unpaired) electrons. The van der Waals surface area contributed by atoms with E-state index in [1.54, 1.807) is 57.2 Å². The second kappa shape index (κ2) is 18.1. The van der Waals surface area contributed by atoms with Gasteiger partial charge in [-0.05, 0) is 86.5 Å². The lowest BCUT2D eigenvalue weighted by atomic mass is 10.0. The van der Waals surface area contributed by atoms with Crippen LogP contribution in [-0.2, 0) is 28.7 Å². The molecule has 1 aromatic heterocycles. The molecular weight excluding hydrogens is 856 g/mol. The van der Waals surface area contributed by atoms with Crippen molar-refractivity contribution < 1.29 is 36.0 Å². The van der Waals surface area contributed by atoms with Crippen LogP contribution in [-0.4, -0.2) is 61.9 Å². The number of methoxy groups -OCH3 is 1. The number of alkyl halides is 2. The normalized spacial score (nSPS) is 12.6. The maximum Gasteiger partial charge on any atom is 0.408 e. The van der Waals surface area contributed by atoms with E-state index in [0.717, 1.165) is 16.7 Å². The molecule has 5 rings (SSSR count). The number of hydrogen-bond donors (Lipinski definition) is 3. The van der Waals surface area contributed by atoms with E-state index in [-0.39, 0.29) is 57.2 Å². The molecule has 0 aliphatic carbocycles. The Morgan fingerprint density at radius 2 is 1.70 bits per heavy atom. The van der Waals surface area contributed by atoms with Crippen molar-refractivity contribution in [3.8, 4) is 11.4 Å². The van der Waals surface area contributed by atoms with Gasteiger partial charge in [-0.3, -0.25) is 19.1 Å². The average Bonchev–Trinajstić information content (AvgIpc) is 3.11. The molecule has 3 N–H and O–H groups in total. The molecule has 57 heavy (non-hydrogen) atoms. The van der Waals surface area contributed by atoms with Gasteiger partial charge in [0, 0.05) is 23.2 Å². The van der Waals surface area contributed by atoms with Crippen molar-refractivity contribution in [1.82, 2.24) is 19.2 Å². The summed E-state index contributed by atoms with van der Waals surface area (Å²) in [6, 6.07) is 15.5. The van der Waals surface area contributed by atoms with Gasteiger partial charge >= 0.3 is 6.09 Å². The number of benzene rings is 4. The highest BCUT2D eigenvalue weighted by molar-refractivity contribution is 9.10. The van der Waals surface area contributed by atoms with Gasteiger partial charge < -0.3 is 20.1 Å². The fraction of sp³-hybridized carbons (Fsp3) is 0.282. The van der Waals surface area contributed by atoms with Gasteiger partial charge in [0.2, 0.25) is 0 Å². The van der Waals surface area contributed by atoms with E-state index >= 15 is 0 Å². The molecule has 1 amide bonds. The zero-order valence-corrected chi connectivity index (χ0v) is 34.4. The molecule has 1 heterocycles. The van der Waals surface area contributed by atoms with Crippen LogP contribution in [0.15, 0.2) is 82.1 Å². The minimum absolute atomic E-state index is 0.0666. The van der Waals surface area contributed by atoms with Crippen molar-refractivity contribution in [1.29, 1.82) is 5.41 Å². The van der Waals surface area contributed by atoms with Gasteiger partial charge in [-0.1, -0.05) is 39.7 Å². The molecule has 0 aliphatic rings. The third-order valence-electron chi connectivity index (χ3n) is 8.31. The lowest BCUT2D eigenvalue weighted by Crippen LogP contribution is -2.39. The summed E-state index contributed by atoms with van der Waals surface area (Å²) in [5.41, 5.74) is -1.43. The van der Waals surface area contributed by atoms with Crippen molar-refractivity contribution >= 4 is 67.0 Å². The maximum atomic E-state index is 14.7. The van der Waals surface area contributed by atoms with E-state index < -0.39 is 64.7 Å². The first kappa shape index (κ1) is 43.1. The molecule has 4 aromatic carbocycles. The first-order valence-corrected chi connectivity index (χ1v) is 19.9. The monoisotopic (exact) mass is 892 g/mol. The summed E-state index contributed by atoms with van der Waals surface area (Å²) >= 11 is 10.1. The molecule has 0 saturated heterocycles. The van der Waals surface area contributed by atoms with Crippen LogP contribution < -0.4 is 20.9 Å². The lowest BCUT2D eigenvalue weighted by Gasteiger charge is -2.28. The number of nitrogens with one attached hydrogen (secondary N) is 3. The Morgan fingerprint density at radius 1 is 1.04 bits per heavy atom. The van der Waals surface area contributed by atoms with Crippen molar-refractivity contribution in [3.05, 3.63) is 127 Å². The summed E-state index contributed by atoms with van der Waals surface area (Å²) in [6.45, 7) is 3.82. The molecule has 11 nitrogen and oxygen atoms in total. The zero-order valence-electron chi connectivity index (χ0n) is 31.3. The molecule has 0 spiro atoms. The Hall–Kier alpha value is -5.00. The van der Waals surface area contributed by atoms with E-state index in [4.69, 9.17) is 26.1 Å². The number of nitrogens with zero attached hydrogens (tertiary/aromatic N) is 3. The predicted molar refractivity (Wildman–Crippen MR) is 216 cm³/mol. The highest BCUT2D eigenvalue weighted by Crippen LogP contribution is 2.35. The summed E-state index contributed by atoms with van der Waals surface area (Å²) in [6.07, 6.45) is -2.89. The van der Waals surface area contributed by atoms with E-state index in [9.17, 15) is 36.8 Å². The molecule has 2 atom stereocenters. The number of aromatic nitrogens is 2. The second-order valence-corrected chi connectivity index (χ2v) is 16.3. The zero-order chi connectivity index (χ0) is 41.8. The topological polar surface area (TPSA) is 139 Å². The molecule has 302 valence electrons. The maximum absolute atomic E-state index is 14.7. The molecule has 18 heteroatoms. The number of fused-ring (bicyclic) bond motifs is 1. The largest absolute Gasteiger partial charge is 0.497 e. The van der Waals surface area contributed by atoms with E-state index in [0.29, 0.717) is 21.9 Å². The number of carbonyl (C=O) groups is 1. The average molecular weight is 894 g/mol. The molecule has 5 aromatic rings. The third-order valence-corrected chi connectivity index (χ3v) is 10.1. The van der Waals surface area contributed by atoms with Gasteiger partial charge in [0.1, 0.15) is 45.6 Å². The lowest BCUT2D eigenvalue weighted by molar-refractivity contribution is 0.0500. The molecule has 2 unspecified atom stereocenters. The Balaban J connectivity index is 1.80. The van der Waals surface area contributed by atoms with Gasteiger partial charge in [0.05, 0.1) is 59.1 Å². The standard InChI is InChI=1S/C39H38BrClF4N6O5S/c1-39(2,3)56-38(53)49-30(16-22-14-24(42)18-25(43)15-22)36-48-29-17-23(40)8-11-27(29)37(52)51(36)31-13-12-28(41)33(34(31)47-19-32(44)45)35(46)50(57(5)54)20-21-6-9-26(55-4)10-7-21/h6-15,17-18,30,32,46-47H,16,19-20H2,1-5H3,(H,49,53). The summed E-state index contributed by atoms with van der Waals surface area (Å²) in [5.74, 6) is -1.88. The van der Waals surface area contributed by atoms with Crippen LogP contribution in [0.25, 0.3) is 16.6 Å². The van der Waals surface area contributed by atoms with Gasteiger partial charge in [0.25, 0.3) is 12.0 Å². The Bertz CT molecular complexity index is 2380. The number of carbonyl (C=O) groups excluding carboxylic acids is 1. The van der Waals surface area contributed by atoms with Crippen molar-refractivity contribution in [2.75, 3.05) is 25.2 Å². The van der Waals surface area contributed by atoms with Crippen LogP contribution in [0.5, 0.6) is 5.75 Å². The van der Waals surface area contributed by atoms with Crippen LogP contribution in [0.3, 0.4) is 0 Å². The Morgan fingerprint density at radius 3 is 2.30 bits per heavy atom. The minimum Gasteiger partial charge on any atom is -0.497 e. The first-order valence-electron chi connectivity index (χ1n) is 17.2. The highest BCUT2D eigenvalue weighted by Gasteiger charge is 2.30. The number of rotatable bonds is 13. The summed E-state index contributed by atoms with van der Waals surface area (Å²) < 4.78 is 83.8. The SMILES string of the molecule is COc1ccc(CN(C(=N)c2c(Cl)ccc(-n3c(C(Cc4cc(F)cc(F)c4)NC(=O)OC(C)(C)C)nc4cc(Br)ccc4c3=O)c2NCC(F)F)S(C)=O)cc1. The number of alkyl carbamates (subject to hydrolysis) is 1. The number of amidine groups is 1. The highest BCUT2D eigenvalue weighted by atomic mass is 79.9. The third kappa shape index (κ3) is 10.7. The first-order chi connectivity index (χ1) is 26.8. The number of ether oxygens (including phenoxy) is 2. The fourth-order valence-electron chi connectivity index (χ4n) is 5.93. The molecule has 0 fully saturated rings. The van der Waals surface area contributed by atoms with Crippen molar-refractivity contribution in [2.45, 2.75) is 51.8 Å². The Kier molecular flexibility index (Phi) is 13.7. The summed E-state index contributed by atoms with van der Waals surface area (Å²) in [4.78, 5) is 32.9. The van der Waals surface area contributed by atoms with Crippen LogP contribution in [0.2, 0.25) is 5.02 Å². The molecular formula is C39H38BrClF4N6O5S. The number of hydrogen-bond acceptors (Lipinski definition) is 8. The van der Waals surface area contributed by atoms with E-state index in [1.165, 1.54) is 35.9 Å². The number of amides is 1. The number of anilines is 1. The van der Waals surface area contributed by atoms with Gasteiger partial charge in [-0.2, -0.15) is 0 Å². The predicted octanol–water partition coefficient (Wildman–Crippen LogP) is 8.69. The van der Waals surface area contributed by atoms with Crippen LogP contribution in [0, 0.1) is 17.0 Å².